The number of rotatable bonds is 6. The van der Waals surface area contributed by atoms with Gasteiger partial charge in [-0.3, -0.25) is 4.79 Å². The van der Waals surface area contributed by atoms with Crippen molar-refractivity contribution in [3.8, 4) is 0 Å². The SMILES string of the molecule is CN1CCN(c2ncccc2CNC(=O)CC2(CN)CCCCC2)CC1.Cl.Cl.Cl. The second-order valence-corrected chi connectivity index (χ2v) is 7.99. The maximum Gasteiger partial charge on any atom is 0.220 e. The van der Waals surface area contributed by atoms with Gasteiger partial charge in [0.15, 0.2) is 0 Å². The molecule has 168 valence electrons. The van der Waals surface area contributed by atoms with E-state index in [1.165, 1.54) is 19.3 Å². The Hall–Kier alpha value is -0.790. The van der Waals surface area contributed by atoms with Crippen LogP contribution in [0.3, 0.4) is 0 Å². The molecule has 2 heterocycles. The lowest BCUT2D eigenvalue weighted by molar-refractivity contribution is -0.124. The standard InChI is InChI=1S/C20H33N5O.3ClH/c1-24-10-12-25(13-11-24)19-17(6-5-9-22-19)15-23-18(26)14-20(16-21)7-3-2-4-8-20;;;/h5-6,9H,2-4,7-8,10-16,21H2,1H3,(H,23,26);3*1H. The van der Waals surface area contributed by atoms with Gasteiger partial charge in [0.2, 0.25) is 5.91 Å². The highest BCUT2D eigenvalue weighted by Gasteiger charge is 2.32. The Morgan fingerprint density at radius 3 is 2.41 bits per heavy atom. The molecule has 29 heavy (non-hydrogen) atoms. The normalized spacial score (nSPS) is 18.6. The predicted octanol–water partition coefficient (Wildman–Crippen LogP) is 3.01. The van der Waals surface area contributed by atoms with Gasteiger partial charge in [-0.25, -0.2) is 4.98 Å². The van der Waals surface area contributed by atoms with Crippen molar-refractivity contribution in [2.24, 2.45) is 11.1 Å². The minimum Gasteiger partial charge on any atom is -0.354 e. The Kier molecular flexibility index (Phi) is 13.1. The number of halogens is 3. The molecular weight excluding hydrogens is 433 g/mol. The Morgan fingerprint density at radius 2 is 1.79 bits per heavy atom. The van der Waals surface area contributed by atoms with Crippen LogP contribution in [-0.4, -0.2) is 55.6 Å². The summed E-state index contributed by atoms with van der Waals surface area (Å²) in [5, 5.41) is 3.12. The van der Waals surface area contributed by atoms with E-state index in [1.807, 2.05) is 12.3 Å². The van der Waals surface area contributed by atoms with E-state index >= 15 is 0 Å². The number of carbonyl (C=O) groups is 1. The average molecular weight is 469 g/mol. The van der Waals surface area contributed by atoms with Gasteiger partial charge < -0.3 is 20.9 Å². The quantitative estimate of drug-likeness (QED) is 0.671. The maximum atomic E-state index is 12.6. The number of aromatic nitrogens is 1. The zero-order chi connectivity index (χ0) is 18.4. The number of likely N-dealkylation sites (N-methyl/N-ethyl adjacent to an activating group) is 1. The van der Waals surface area contributed by atoms with Crippen molar-refractivity contribution in [1.82, 2.24) is 15.2 Å². The molecule has 2 aliphatic rings. The number of pyridine rings is 1. The third-order valence-electron chi connectivity index (χ3n) is 6.03. The van der Waals surface area contributed by atoms with Crippen molar-refractivity contribution in [2.45, 2.75) is 45.1 Å². The van der Waals surface area contributed by atoms with Crippen LogP contribution in [-0.2, 0) is 11.3 Å². The van der Waals surface area contributed by atoms with Crippen LogP contribution in [0, 0.1) is 5.41 Å². The lowest BCUT2D eigenvalue weighted by Gasteiger charge is -2.36. The van der Waals surface area contributed by atoms with Crippen molar-refractivity contribution >= 4 is 48.9 Å². The molecule has 6 nitrogen and oxygen atoms in total. The maximum absolute atomic E-state index is 12.6. The molecule has 0 unspecified atom stereocenters. The molecule has 2 fully saturated rings. The first kappa shape index (κ1) is 28.2. The van der Waals surface area contributed by atoms with Crippen LogP contribution in [0.25, 0.3) is 0 Å². The zero-order valence-electron chi connectivity index (χ0n) is 17.3. The minimum absolute atomic E-state index is 0. The summed E-state index contributed by atoms with van der Waals surface area (Å²) < 4.78 is 0. The van der Waals surface area contributed by atoms with Gasteiger partial charge >= 0.3 is 0 Å². The third-order valence-corrected chi connectivity index (χ3v) is 6.03. The molecule has 1 aromatic heterocycles. The molecule has 1 amide bonds. The summed E-state index contributed by atoms with van der Waals surface area (Å²) in [4.78, 5) is 21.8. The Morgan fingerprint density at radius 1 is 1.14 bits per heavy atom. The van der Waals surface area contributed by atoms with Crippen LogP contribution >= 0.6 is 37.2 Å². The van der Waals surface area contributed by atoms with E-state index in [4.69, 9.17) is 5.73 Å². The summed E-state index contributed by atoms with van der Waals surface area (Å²) in [5.74, 6) is 1.12. The molecule has 1 aliphatic heterocycles. The largest absolute Gasteiger partial charge is 0.354 e. The molecule has 1 aliphatic carbocycles. The summed E-state index contributed by atoms with van der Waals surface area (Å²) in [6.07, 6.45) is 8.21. The van der Waals surface area contributed by atoms with Gasteiger partial charge in [-0.05, 0) is 37.9 Å². The van der Waals surface area contributed by atoms with Crippen molar-refractivity contribution in [3.05, 3.63) is 23.9 Å². The fraction of sp³-hybridized carbons (Fsp3) is 0.700. The molecule has 1 aromatic rings. The molecule has 0 bridgehead atoms. The fourth-order valence-corrected chi connectivity index (χ4v) is 4.22. The molecule has 0 spiro atoms. The molecule has 0 aromatic carbocycles. The number of hydrogen-bond donors (Lipinski definition) is 2. The molecule has 3 rings (SSSR count). The lowest BCUT2D eigenvalue weighted by Crippen LogP contribution is -2.45. The highest BCUT2D eigenvalue weighted by molar-refractivity contribution is 5.86. The van der Waals surface area contributed by atoms with Gasteiger partial charge in [0, 0.05) is 50.9 Å². The summed E-state index contributed by atoms with van der Waals surface area (Å²) in [5.41, 5.74) is 7.13. The number of carbonyl (C=O) groups excluding carboxylic acids is 1. The van der Waals surface area contributed by atoms with E-state index in [0.717, 1.165) is 50.4 Å². The number of anilines is 1. The van der Waals surface area contributed by atoms with E-state index in [-0.39, 0.29) is 48.5 Å². The van der Waals surface area contributed by atoms with Crippen molar-refractivity contribution in [3.63, 3.8) is 0 Å². The molecular formula is C20H36Cl3N5O. The Labute approximate surface area is 193 Å². The summed E-state index contributed by atoms with van der Waals surface area (Å²) in [7, 11) is 2.15. The van der Waals surface area contributed by atoms with E-state index in [0.29, 0.717) is 19.5 Å². The van der Waals surface area contributed by atoms with Gasteiger partial charge in [-0.1, -0.05) is 25.3 Å². The predicted molar refractivity (Wildman–Crippen MR) is 127 cm³/mol. The summed E-state index contributed by atoms with van der Waals surface area (Å²) in [6, 6.07) is 4.02. The van der Waals surface area contributed by atoms with Crippen LogP contribution in [0.1, 0.15) is 44.1 Å². The van der Waals surface area contributed by atoms with Crippen LogP contribution in [0.15, 0.2) is 18.3 Å². The molecule has 9 heteroatoms. The molecule has 0 atom stereocenters. The first-order valence-corrected chi connectivity index (χ1v) is 9.96. The monoisotopic (exact) mass is 467 g/mol. The van der Waals surface area contributed by atoms with Crippen molar-refractivity contribution < 1.29 is 4.79 Å². The van der Waals surface area contributed by atoms with Crippen LogP contribution in [0.4, 0.5) is 5.82 Å². The van der Waals surface area contributed by atoms with Gasteiger partial charge in [0.1, 0.15) is 5.82 Å². The first-order chi connectivity index (χ1) is 12.6. The minimum atomic E-state index is 0. The summed E-state index contributed by atoms with van der Waals surface area (Å²) >= 11 is 0. The topological polar surface area (TPSA) is 74.5 Å². The lowest BCUT2D eigenvalue weighted by atomic mass is 9.71. The van der Waals surface area contributed by atoms with E-state index in [1.54, 1.807) is 0 Å². The Balaban J connectivity index is 0.00000261. The summed E-state index contributed by atoms with van der Waals surface area (Å²) in [6.45, 7) is 5.19. The van der Waals surface area contributed by atoms with Crippen molar-refractivity contribution in [1.29, 1.82) is 0 Å². The second kappa shape index (κ2) is 13.5. The third kappa shape index (κ3) is 7.76. The van der Waals surface area contributed by atoms with E-state index in [9.17, 15) is 4.79 Å². The Bertz CT molecular complexity index is 606. The first-order valence-electron chi connectivity index (χ1n) is 9.96. The number of amides is 1. The fourth-order valence-electron chi connectivity index (χ4n) is 4.22. The zero-order valence-corrected chi connectivity index (χ0v) is 19.7. The van der Waals surface area contributed by atoms with Crippen LogP contribution in [0.5, 0.6) is 0 Å². The van der Waals surface area contributed by atoms with Gasteiger partial charge in [-0.15, -0.1) is 37.2 Å². The van der Waals surface area contributed by atoms with Crippen molar-refractivity contribution in [2.75, 3.05) is 44.7 Å². The molecule has 0 radical (unpaired) electrons. The molecule has 1 saturated heterocycles. The average Bonchev–Trinajstić information content (AvgIpc) is 2.68. The molecule has 3 N–H and O–H groups in total. The number of nitrogens with one attached hydrogen (secondary N) is 1. The van der Waals surface area contributed by atoms with Crippen LogP contribution in [0.2, 0.25) is 0 Å². The highest BCUT2D eigenvalue weighted by Crippen LogP contribution is 2.38. The number of nitrogens with zero attached hydrogens (tertiary/aromatic N) is 3. The smallest absolute Gasteiger partial charge is 0.220 e. The molecule has 1 saturated carbocycles. The number of piperazine rings is 1. The second-order valence-electron chi connectivity index (χ2n) is 7.99. The van der Waals surface area contributed by atoms with Gasteiger partial charge in [0.05, 0.1) is 0 Å². The number of hydrogen-bond acceptors (Lipinski definition) is 5. The van der Waals surface area contributed by atoms with E-state index in [2.05, 4.69) is 33.2 Å². The van der Waals surface area contributed by atoms with Gasteiger partial charge in [0.25, 0.3) is 0 Å². The van der Waals surface area contributed by atoms with Crippen LogP contribution < -0.4 is 16.0 Å². The van der Waals surface area contributed by atoms with E-state index < -0.39 is 0 Å². The van der Waals surface area contributed by atoms with Gasteiger partial charge in [-0.2, -0.15) is 0 Å². The number of nitrogens with two attached hydrogens (primary N) is 1. The highest BCUT2D eigenvalue weighted by atomic mass is 35.5.